The number of nitrogens with one attached hydrogen (secondary N) is 1. The zero-order valence-electron chi connectivity index (χ0n) is 11.6. The Hall–Kier alpha value is -2.14. The van der Waals surface area contributed by atoms with Gasteiger partial charge in [-0.2, -0.15) is 0 Å². The number of nitrogens with two attached hydrogens (primary N) is 1. The van der Waals surface area contributed by atoms with E-state index in [0.29, 0.717) is 24.3 Å². The van der Waals surface area contributed by atoms with Crippen LogP contribution in [0.5, 0.6) is 0 Å². The van der Waals surface area contributed by atoms with Crippen LogP contribution in [0.15, 0.2) is 36.9 Å². The lowest BCUT2D eigenvalue weighted by Gasteiger charge is -2.10. The molecule has 3 N–H and O–H groups in total. The second-order valence-corrected chi connectivity index (χ2v) is 4.33. The molecular formula is C15H20N2O3. The summed E-state index contributed by atoms with van der Waals surface area (Å²) in [7, 11) is 0. The molecule has 1 unspecified atom stereocenters. The zero-order valence-corrected chi connectivity index (χ0v) is 11.6. The molecule has 0 radical (unpaired) electrons. The lowest BCUT2D eigenvalue weighted by atomic mass is 10.2. The summed E-state index contributed by atoms with van der Waals surface area (Å²) in [5.74, 6) is -0.653. The maximum atomic E-state index is 11.7. The molecule has 0 aliphatic rings. The van der Waals surface area contributed by atoms with E-state index in [1.165, 1.54) is 0 Å². The van der Waals surface area contributed by atoms with E-state index in [1.807, 2.05) is 6.92 Å². The van der Waals surface area contributed by atoms with Crippen LogP contribution in [0.3, 0.4) is 0 Å². The summed E-state index contributed by atoms with van der Waals surface area (Å²) in [4.78, 5) is 23.3. The van der Waals surface area contributed by atoms with E-state index in [9.17, 15) is 9.59 Å². The molecule has 1 aromatic rings. The first-order chi connectivity index (χ1) is 9.58. The predicted molar refractivity (Wildman–Crippen MR) is 78.4 cm³/mol. The van der Waals surface area contributed by atoms with Gasteiger partial charge in [-0.3, -0.25) is 4.79 Å². The normalized spacial score (nSPS) is 11.5. The Morgan fingerprint density at radius 1 is 1.40 bits per heavy atom. The largest absolute Gasteiger partial charge is 0.462 e. The van der Waals surface area contributed by atoms with Gasteiger partial charge in [0.05, 0.1) is 18.2 Å². The van der Waals surface area contributed by atoms with Gasteiger partial charge >= 0.3 is 5.97 Å². The standard InChI is InChI=1S/C15H20N2O3/c1-3-5-13(16)14(18)17-12-8-6-11(7-9-12)15(19)20-10-4-2/h3,6-9,13H,1,4-5,10,16H2,2H3,(H,17,18). The minimum Gasteiger partial charge on any atom is -0.462 e. The quantitative estimate of drug-likeness (QED) is 0.590. The van der Waals surface area contributed by atoms with E-state index in [1.54, 1.807) is 30.3 Å². The molecule has 0 bridgehead atoms. The van der Waals surface area contributed by atoms with Crippen LogP contribution in [0.25, 0.3) is 0 Å². The molecule has 0 aliphatic carbocycles. The molecule has 108 valence electrons. The molecule has 0 fully saturated rings. The number of carbonyl (C=O) groups excluding carboxylic acids is 2. The van der Waals surface area contributed by atoms with Crippen molar-refractivity contribution in [2.45, 2.75) is 25.8 Å². The van der Waals surface area contributed by atoms with Gasteiger partial charge in [-0.1, -0.05) is 13.0 Å². The number of amides is 1. The number of ether oxygens (including phenoxy) is 1. The monoisotopic (exact) mass is 276 g/mol. The van der Waals surface area contributed by atoms with Crippen molar-refractivity contribution < 1.29 is 14.3 Å². The van der Waals surface area contributed by atoms with Gasteiger partial charge in [-0.05, 0) is 37.1 Å². The molecule has 0 aromatic heterocycles. The molecule has 1 amide bonds. The molecule has 5 nitrogen and oxygen atoms in total. The van der Waals surface area contributed by atoms with Crippen LogP contribution in [0.4, 0.5) is 5.69 Å². The smallest absolute Gasteiger partial charge is 0.338 e. The van der Waals surface area contributed by atoms with Crippen LogP contribution in [0.1, 0.15) is 30.1 Å². The van der Waals surface area contributed by atoms with Crippen LogP contribution < -0.4 is 11.1 Å². The lowest BCUT2D eigenvalue weighted by Crippen LogP contribution is -2.35. The topological polar surface area (TPSA) is 81.4 Å². The van der Waals surface area contributed by atoms with Crippen molar-refractivity contribution in [3.8, 4) is 0 Å². The van der Waals surface area contributed by atoms with Crippen molar-refractivity contribution in [2.75, 3.05) is 11.9 Å². The summed E-state index contributed by atoms with van der Waals surface area (Å²) in [5.41, 5.74) is 6.69. The zero-order chi connectivity index (χ0) is 15.0. The van der Waals surface area contributed by atoms with E-state index in [2.05, 4.69) is 11.9 Å². The Bertz CT molecular complexity index is 469. The minimum absolute atomic E-state index is 0.286. The SMILES string of the molecule is C=CCC(N)C(=O)Nc1ccc(C(=O)OCCC)cc1. The van der Waals surface area contributed by atoms with Crippen molar-refractivity contribution in [2.24, 2.45) is 5.73 Å². The Kier molecular flexibility index (Phi) is 6.46. The van der Waals surface area contributed by atoms with Gasteiger partial charge in [0.25, 0.3) is 0 Å². The molecular weight excluding hydrogens is 256 g/mol. The summed E-state index contributed by atoms with van der Waals surface area (Å²) in [6.07, 6.45) is 2.78. The molecule has 5 heteroatoms. The van der Waals surface area contributed by atoms with Crippen LogP contribution in [-0.2, 0) is 9.53 Å². The van der Waals surface area contributed by atoms with Crippen LogP contribution in [0, 0.1) is 0 Å². The van der Waals surface area contributed by atoms with Crippen molar-refractivity contribution >= 4 is 17.6 Å². The summed E-state index contributed by atoms with van der Waals surface area (Å²) >= 11 is 0. The van der Waals surface area contributed by atoms with E-state index < -0.39 is 6.04 Å². The average Bonchev–Trinajstić information content (AvgIpc) is 2.45. The highest BCUT2D eigenvalue weighted by atomic mass is 16.5. The molecule has 1 rings (SSSR count). The number of hydrogen-bond acceptors (Lipinski definition) is 4. The maximum absolute atomic E-state index is 11.7. The van der Waals surface area contributed by atoms with Gasteiger partial charge in [0.1, 0.15) is 0 Å². The molecule has 0 saturated heterocycles. The number of anilines is 1. The Morgan fingerprint density at radius 2 is 2.05 bits per heavy atom. The number of esters is 1. The number of rotatable bonds is 7. The first-order valence-corrected chi connectivity index (χ1v) is 6.53. The third kappa shape index (κ3) is 4.85. The van der Waals surface area contributed by atoms with Crippen LogP contribution in [-0.4, -0.2) is 24.5 Å². The highest BCUT2D eigenvalue weighted by Gasteiger charge is 2.12. The fourth-order valence-corrected chi connectivity index (χ4v) is 1.49. The second kappa shape index (κ2) is 8.12. The lowest BCUT2D eigenvalue weighted by molar-refractivity contribution is -0.117. The van der Waals surface area contributed by atoms with Gasteiger partial charge in [0.15, 0.2) is 0 Å². The third-order valence-corrected chi connectivity index (χ3v) is 2.58. The van der Waals surface area contributed by atoms with Gasteiger partial charge in [0.2, 0.25) is 5.91 Å². The summed E-state index contributed by atoms with van der Waals surface area (Å²) in [5, 5.41) is 2.67. The number of carbonyl (C=O) groups is 2. The molecule has 1 aromatic carbocycles. The van der Waals surface area contributed by atoms with Crippen molar-refractivity contribution in [1.29, 1.82) is 0 Å². The van der Waals surface area contributed by atoms with Crippen LogP contribution >= 0.6 is 0 Å². The van der Waals surface area contributed by atoms with Gasteiger partial charge in [-0.25, -0.2) is 4.79 Å². The van der Waals surface area contributed by atoms with Crippen molar-refractivity contribution in [3.63, 3.8) is 0 Å². The highest BCUT2D eigenvalue weighted by Crippen LogP contribution is 2.11. The molecule has 0 saturated carbocycles. The van der Waals surface area contributed by atoms with Gasteiger partial charge < -0.3 is 15.8 Å². The summed E-state index contributed by atoms with van der Waals surface area (Å²) in [6.45, 7) is 5.86. The Balaban J connectivity index is 2.60. The maximum Gasteiger partial charge on any atom is 0.338 e. The van der Waals surface area contributed by atoms with E-state index in [-0.39, 0.29) is 11.9 Å². The first kappa shape index (κ1) is 15.9. The van der Waals surface area contributed by atoms with E-state index in [0.717, 1.165) is 6.42 Å². The van der Waals surface area contributed by atoms with Gasteiger partial charge in [-0.15, -0.1) is 6.58 Å². The average molecular weight is 276 g/mol. The highest BCUT2D eigenvalue weighted by molar-refractivity contribution is 5.95. The third-order valence-electron chi connectivity index (χ3n) is 2.58. The fraction of sp³-hybridized carbons (Fsp3) is 0.333. The molecule has 20 heavy (non-hydrogen) atoms. The van der Waals surface area contributed by atoms with E-state index in [4.69, 9.17) is 10.5 Å². The number of benzene rings is 1. The summed E-state index contributed by atoms with van der Waals surface area (Å²) in [6, 6.07) is 5.86. The summed E-state index contributed by atoms with van der Waals surface area (Å²) < 4.78 is 5.01. The fourth-order valence-electron chi connectivity index (χ4n) is 1.49. The van der Waals surface area contributed by atoms with Gasteiger partial charge in [0, 0.05) is 5.69 Å². The molecule has 0 spiro atoms. The second-order valence-electron chi connectivity index (χ2n) is 4.33. The van der Waals surface area contributed by atoms with E-state index >= 15 is 0 Å². The number of hydrogen-bond donors (Lipinski definition) is 2. The van der Waals surface area contributed by atoms with Crippen molar-refractivity contribution in [1.82, 2.24) is 0 Å². The van der Waals surface area contributed by atoms with Crippen LogP contribution in [0.2, 0.25) is 0 Å². The predicted octanol–water partition coefficient (Wildman–Crippen LogP) is 2.10. The Morgan fingerprint density at radius 3 is 2.60 bits per heavy atom. The van der Waals surface area contributed by atoms with Crippen molar-refractivity contribution in [3.05, 3.63) is 42.5 Å². The molecule has 0 aliphatic heterocycles. The molecule has 1 atom stereocenters. The Labute approximate surface area is 118 Å². The first-order valence-electron chi connectivity index (χ1n) is 6.53. The molecule has 0 heterocycles. The minimum atomic E-state index is -0.623.